The van der Waals surface area contributed by atoms with Crippen LogP contribution in [-0.4, -0.2) is 51.6 Å². The van der Waals surface area contributed by atoms with Gasteiger partial charge in [0.25, 0.3) is 0 Å². The molecule has 31 heavy (non-hydrogen) atoms. The summed E-state index contributed by atoms with van der Waals surface area (Å²) in [5, 5.41) is 1.19. The Hall–Kier alpha value is -2.90. The molecule has 5 rings (SSSR count). The van der Waals surface area contributed by atoms with Crippen molar-refractivity contribution in [1.82, 2.24) is 24.8 Å². The molecule has 1 aromatic carbocycles. The quantitative estimate of drug-likeness (QED) is 0.442. The van der Waals surface area contributed by atoms with E-state index in [2.05, 4.69) is 56.1 Å². The molecule has 1 aliphatic heterocycles. The molecule has 0 spiro atoms. The summed E-state index contributed by atoms with van der Waals surface area (Å²) < 4.78 is 5.50. The molecular weight excluding hydrogens is 388 g/mol. The summed E-state index contributed by atoms with van der Waals surface area (Å²) in [6.45, 7) is 9.72. The zero-order chi connectivity index (χ0) is 22.0. The molecule has 4 heterocycles. The zero-order valence-electron chi connectivity index (χ0n) is 18.8. The normalized spacial score (nSPS) is 16.2. The fourth-order valence-corrected chi connectivity index (χ4v) is 4.31. The van der Waals surface area contributed by atoms with Gasteiger partial charge in [0.05, 0.1) is 12.1 Å². The number of pyridine rings is 1. The maximum atomic E-state index is 6.02. The minimum atomic E-state index is 0.468. The van der Waals surface area contributed by atoms with Gasteiger partial charge in [0.1, 0.15) is 11.6 Å². The number of hydrogen-bond acceptors (Lipinski definition) is 5. The van der Waals surface area contributed by atoms with Crippen molar-refractivity contribution in [2.75, 3.05) is 32.5 Å². The van der Waals surface area contributed by atoms with Gasteiger partial charge in [-0.2, -0.15) is 0 Å². The molecule has 1 saturated heterocycles. The van der Waals surface area contributed by atoms with Gasteiger partial charge in [0.15, 0.2) is 5.65 Å². The Labute approximate surface area is 183 Å². The SMILES string of the molecule is CC.Cc1nc2nc(N)cc(-c3cc4cc(CN(C)CC5CCOC5)ccc4[nH]3)c2[nH]1. The molecule has 1 unspecified atom stereocenters. The van der Waals surface area contributed by atoms with Crippen molar-refractivity contribution in [3.05, 3.63) is 41.7 Å². The second-order valence-corrected chi connectivity index (χ2v) is 8.15. The van der Waals surface area contributed by atoms with Crippen molar-refractivity contribution in [3.63, 3.8) is 0 Å². The molecule has 1 atom stereocenters. The maximum Gasteiger partial charge on any atom is 0.180 e. The number of ether oxygens (including phenoxy) is 1. The van der Waals surface area contributed by atoms with Gasteiger partial charge in [-0.05, 0) is 56.1 Å². The van der Waals surface area contributed by atoms with E-state index >= 15 is 0 Å². The summed E-state index contributed by atoms with van der Waals surface area (Å²) in [5.41, 5.74) is 12.0. The number of imidazole rings is 1. The molecular formula is C24H32N6O. The molecule has 0 bridgehead atoms. The Bertz CT molecular complexity index is 1170. The molecule has 7 nitrogen and oxygen atoms in total. The third kappa shape index (κ3) is 4.57. The number of nitrogens with two attached hydrogens (primary N) is 1. The summed E-state index contributed by atoms with van der Waals surface area (Å²) in [4.78, 5) is 18.0. The van der Waals surface area contributed by atoms with Crippen LogP contribution in [0, 0.1) is 12.8 Å². The van der Waals surface area contributed by atoms with E-state index in [1.807, 2.05) is 26.8 Å². The largest absolute Gasteiger partial charge is 0.384 e. The van der Waals surface area contributed by atoms with E-state index in [1.165, 1.54) is 17.4 Å². The van der Waals surface area contributed by atoms with Crippen molar-refractivity contribution in [1.29, 1.82) is 0 Å². The first-order valence-corrected chi connectivity index (χ1v) is 11.1. The predicted octanol–water partition coefficient (Wildman–Crippen LogP) is 4.49. The van der Waals surface area contributed by atoms with E-state index < -0.39 is 0 Å². The predicted molar refractivity (Wildman–Crippen MR) is 127 cm³/mol. The van der Waals surface area contributed by atoms with Gasteiger partial charge < -0.3 is 25.3 Å². The molecule has 0 radical (unpaired) electrons. The number of rotatable bonds is 5. The first-order chi connectivity index (χ1) is 15.0. The Morgan fingerprint density at radius 1 is 1.16 bits per heavy atom. The highest BCUT2D eigenvalue weighted by atomic mass is 16.5. The van der Waals surface area contributed by atoms with Gasteiger partial charge in [-0.1, -0.05) is 19.9 Å². The van der Waals surface area contributed by atoms with E-state index in [0.29, 0.717) is 17.4 Å². The van der Waals surface area contributed by atoms with Crippen LogP contribution in [0.2, 0.25) is 0 Å². The third-order valence-electron chi connectivity index (χ3n) is 5.62. The molecule has 7 heteroatoms. The average Bonchev–Trinajstić information content (AvgIpc) is 3.47. The first-order valence-electron chi connectivity index (χ1n) is 11.1. The van der Waals surface area contributed by atoms with Crippen molar-refractivity contribution in [3.8, 4) is 11.3 Å². The first kappa shape index (κ1) is 21.3. The highest BCUT2D eigenvalue weighted by Crippen LogP contribution is 2.30. The number of nitrogens with one attached hydrogen (secondary N) is 2. The van der Waals surface area contributed by atoms with Gasteiger partial charge in [0, 0.05) is 41.9 Å². The van der Waals surface area contributed by atoms with E-state index in [0.717, 1.165) is 54.4 Å². The van der Waals surface area contributed by atoms with Crippen LogP contribution in [0.4, 0.5) is 5.82 Å². The van der Waals surface area contributed by atoms with Gasteiger partial charge >= 0.3 is 0 Å². The van der Waals surface area contributed by atoms with E-state index in [1.54, 1.807) is 0 Å². The van der Waals surface area contributed by atoms with Crippen LogP contribution in [0.25, 0.3) is 33.3 Å². The Balaban J connectivity index is 0.00000112. The van der Waals surface area contributed by atoms with Crippen LogP contribution in [0.1, 0.15) is 31.7 Å². The zero-order valence-corrected chi connectivity index (χ0v) is 18.8. The summed E-state index contributed by atoms with van der Waals surface area (Å²) in [6, 6.07) is 10.7. The molecule has 4 N–H and O–H groups in total. The molecule has 4 aromatic rings. The maximum absolute atomic E-state index is 6.02. The smallest absolute Gasteiger partial charge is 0.180 e. The summed E-state index contributed by atoms with van der Waals surface area (Å²) in [5.74, 6) is 1.95. The number of fused-ring (bicyclic) bond motifs is 2. The summed E-state index contributed by atoms with van der Waals surface area (Å²) in [6.07, 6.45) is 1.17. The van der Waals surface area contributed by atoms with Crippen LogP contribution >= 0.6 is 0 Å². The van der Waals surface area contributed by atoms with Crippen molar-refractivity contribution >= 4 is 27.9 Å². The summed E-state index contributed by atoms with van der Waals surface area (Å²) in [7, 11) is 2.18. The van der Waals surface area contributed by atoms with Crippen LogP contribution in [0.3, 0.4) is 0 Å². The number of hydrogen-bond donors (Lipinski definition) is 3. The third-order valence-corrected chi connectivity index (χ3v) is 5.62. The number of aryl methyl sites for hydroxylation is 1. The van der Waals surface area contributed by atoms with Gasteiger partial charge in [-0.15, -0.1) is 0 Å². The molecule has 164 valence electrons. The second-order valence-electron chi connectivity index (χ2n) is 8.15. The van der Waals surface area contributed by atoms with E-state index in [-0.39, 0.29) is 0 Å². The number of benzene rings is 1. The molecule has 1 aliphatic rings. The lowest BCUT2D eigenvalue weighted by atomic mass is 10.1. The van der Waals surface area contributed by atoms with Gasteiger partial charge in [-0.3, -0.25) is 0 Å². The van der Waals surface area contributed by atoms with E-state index in [9.17, 15) is 0 Å². The number of H-pyrrole nitrogens is 2. The second kappa shape index (κ2) is 9.08. The Morgan fingerprint density at radius 2 is 2.00 bits per heavy atom. The number of nitrogens with zero attached hydrogens (tertiary/aromatic N) is 3. The highest BCUT2D eigenvalue weighted by Gasteiger charge is 2.18. The number of nitrogen functional groups attached to an aromatic ring is 1. The van der Waals surface area contributed by atoms with Gasteiger partial charge in [0.2, 0.25) is 0 Å². The molecule has 0 amide bonds. The monoisotopic (exact) mass is 420 g/mol. The molecule has 3 aromatic heterocycles. The highest BCUT2D eigenvalue weighted by molar-refractivity contribution is 5.95. The average molecular weight is 421 g/mol. The fraction of sp³-hybridized carbons (Fsp3) is 0.417. The standard InChI is InChI=1S/C22H26N6O.C2H6/c1-13-24-21-17(9-20(23)27-22(21)25-13)19-8-16-7-14(3-4-18(16)26-19)10-28(2)11-15-5-6-29-12-15;1-2/h3-4,7-9,15,26H,5-6,10-12H2,1-2H3,(H3,23,24,25,27);1-2H3. The van der Waals surface area contributed by atoms with Crippen molar-refractivity contribution < 1.29 is 4.74 Å². The fourth-order valence-electron chi connectivity index (χ4n) is 4.31. The van der Waals surface area contributed by atoms with Crippen LogP contribution in [-0.2, 0) is 11.3 Å². The van der Waals surface area contributed by atoms with Crippen LogP contribution < -0.4 is 5.73 Å². The molecule has 1 fully saturated rings. The topological polar surface area (TPSA) is 95.8 Å². The van der Waals surface area contributed by atoms with Crippen molar-refractivity contribution in [2.45, 2.75) is 33.7 Å². The van der Waals surface area contributed by atoms with E-state index in [4.69, 9.17) is 10.5 Å². The lowest BCUT2D eigenvalue weighted by Crippen LogP contribution is -2.25. The molecule has 0 aliphatic carbocycles. The minimum absolute atomic E-state index is 0.468. The van der Waals surface area contributed by atoms with Crippen LogP contribution in [0.5, 0.6) is 0 Å². The van der Waals surface area contributed by atoms with Gasteiger partial charge in [-0.25, -0.2) is 9.97 Å². The Kier molecular flexibility index (Phi) is 6.25. The lowest BCUT2D eigenvalue weighted by molar-refractivity contribution is 0.173. The Morgan fingerprint density at radius 3 is 2.77 bits per heavy atom. The minimum Gasteiger partial charge on any atom is -0.384 e. The number of anilines is 1. The summed E-state index contributed by atoms with van der Waals surface area (Å²) >= 11 is 0. The number of aromatic amines is 2. The lowest BCUT2D eigenvalue weighted by Gasteiger charge is -2.20. The van der Waals surface area contributed by atoms with Crippen molar-refractivity contribution in [2.24, 2.45) is 5.92 Å². The van der Waals surface area contributed by atoms with Crippen LogP contribution in [0.15, 0.2) is 30.3 Å². The molecule has 0 saturated carbocycles. The number of aromatic nitrogens is 4.